The maximum atomic E-state index is 12.7. The molecular weight excluding hydrogens is 376 g/mol. The lowest BCUT2D eigenvalue weighted by atomic mass is 10.1. The van der Waals surface area contributed by atoms with Crippen molar-refractivity contribution in [3.05, 3.63) is 77.4 Å². The van der Waals surface area contributed by atoms with Crippen molar-refractivity contribution in [3.8, 4) is 17.2 Å². The summed E-state index contributed by atoms with van der Waals surface area (Å²) in [6.07, 6.45) is 0.942. The zero-order valence-electron chi connectivity index (χ0n) is 17.4. The number of anilines is 1. The van der Waals surface area contributed by atoms with Crippen LogP contribution < -0.4 is 10.1 Å². The van der Waals surface area contributed by atoms with Gasteiger partial charge in [-0.3, -0.25) is 4.79 Å². The van der Waals surface area contributed by atoms with Crippen molar-refractivity contribution in [1.82, 2.24) is 4.98 Å². The summed E-state index contributed by atoms with van der Waals surface area (Å²) in [5.74, 6) is 1.13. The van der Waals surface area contributed by atoms with E-state index in [1.54, 1.807) is 12.1 Å². The Morgan fingerprint density at radius 2 is 1.87 bits per heavy atom. The van der Waals surface area contributed by atoms with Crippen LogP contribution in [0, 0.1) is 13.8 Å². The maximum absolute atomic E-state index is 12.7. The van der Waals surface area contributed by atoms with Crippen LogP contribution in [-0.4, -0.2) is 17.5 Å². The highest BCUT2D eigenvalue weighted by Gasteiger charge is 2.15. The summed E-state index contributed by atoms with van der Waals surface area (Å²) in [4.78, 5) is 17.4. The van der Waals surface area contributed by atoms with E-state index in [1.807, 2.05) is 62.4 Å². The number of carbonyl (C=O) groups excluding carboxylic acids is 1. The number of nitrogens with one attached hydrogen (secondary N) is 1. The first-order valence-corrected chi connectivity index (χ1v) is 10.1. The van der Waals surface area contributed by atoms with E-state index in [4.69, 9.17) is 9.15 Å². The molecule has 152 valence electrons. The fourth-order valence-electron chi connectivity index (χ4n) is 3.27. The first-order chi connectivity index (χ1) is 14.5. The number of hydrogen-bond donors (Lipinski definition) is 1. The molecule has 1 aromatic heterocycles. The lowest BCUT2D eigenvalue weighted by Crippen LogP contribution is -2.13. The van der Waals surface area contributed by atoms with Gasteiger partial charge in [0, 0.05) is 16.8 Å². The predicted molar refractivity (Wildman–Crippen MR) is 119 cm³/mol. The van der Waals surface area contributed by atoms with Crippen molar-refractivity contribution in [2.45, 2.75) is 27.2 Å². The van der Waals surface area contributed by atoms with Gasteiger partial charge in [0.05, 0.1) is 6.61 Å². The lowest BCUT2D eigenvalue weighted by Gasteiger charge is -2.11. The second-order valence-electron chi connectivity index (χ2n) is 7.30. The number of aromatic nitrogens is 1. The van der Waals surface area contributed by atoms with Crippen LogP contribution >= 0.6 is 0 Å². The number of carbonyl (C=O) groups is 1. The summed E-state index contributed by atoms with van der Waals surface area (Å²) < 4.78 is 11.5. The quantitative estimate of drug-likeness (QED) is 0.421. The van der Waals surface area contributed by atoms with Crippen LogP contribution in [0.3, 0.4) is 0 Å². The Balaban J connectivity index is 1.57. The molecule has 4 rings (SSSR count). The van der Waals surface area contributed by atoms with Crippen molar-refractivity contribution in [3.63, 3.8) is 0 Å². The monoisotopic (exact) mass is 400 g/mol. The molecule has 1 N–H and O–H groups in total. The number of fused-ring (bicyclic) bond motifs is 1. The van der Waals surface area contributed by atoms with Crippen LogP contribution in [0.5, 0.6) is 5.75 Å². The molecule has 0 spiro atoms. The van der Waals surface area contributed by atoms with E-state index in [2.05, 4.69) is 17.2 Å². The van der Waals surface area contributed by atoms with E-state index in [0.717, 1.165) is 45.6 Å². The van der Waals surface area contributed by atoms with Crippen LogP contribution in [0.1, 0.15) is 34.8 Å². The summed E-state index contributed by atoms with van der Waals surface area (Å²) >= 11 is 0. The van der Waals surface area contributed by atoms with Crippen LogP contribution in [0.2, 0.25) is 0 Å². The molecule has 0 fully saturated rings. The highest BCUT2D eigenvalue weighted by Crippen LogP contribution is 2.31. The molecule has 5 heteroatoms. The maximum Gasteiger partial charge on any atom is 0.255 e. The molecule has 0 atom stereocenters. The van der Waals surface area contributed by atoms with Crippen LogP contribution in [0.4, 0.5) is 5.69 Å². The van der Waals surface area contributed by atoms with E-state index < -0.39 is 0 Å². The zero-order chi connectivity index (χ0) is 21.1. The van der Waals surface area contributed by atoms with Gasteiger partial charge in [-0.15, -0.1) is 0 Å². The molecule has 1 amide bonds. The topological polar surface area (TPSA) is 64.4 Å². The molecule has 0 aliphatic carbocycles. The van der Waals surface area contributed by atoms with Gasteiger partial charge in [-0.25, -0.2) is 4.98 Å². The van der Waals surface area contributed by atoms with E-state index in [-0.39, 0.29) is 5.91 Å². The first kappa shape index (κ1) is 19.7. The van der Waals surface area contributed by atoms with Gasteiger partial charge in [0.25, 0.3) is 5.91 Å². The molecule has 0 radical (unpaired) electrons. The number of ether oxygens (including phenoxy) is 1. The third-order valence-corrected chi connectivity index (χ3v) is 4.94. The van der Waals surface area contributed by atoms with Crippen molar-refractivity contribution in [2.24, 2.45) is 0 Å². The van der Waals surface area contributed by atoms with E-state index in [0.29, 0.717) is 18.1 Å². The van der Waals surface area contributed by atoms with Gasteiger partial charge >= 0.3 is 0 Å². The third-order valence-electron chi connectivity index (χ3n) is 4.94. The summed E-state index contributed by atoms with van der Waals surface area (Å²) in [6.45, 7) is 6.69. The summed E-state index contributed by atoms with van der Waals surface area (Å²) in [7, 11) is 0. The highest BCUT2D eigenvalue weighted by atomic mass is 16.5. The summed E-state index contributed by atoms with van der Waals surface area (Å²) in [5.41, 5.74) is 5.75. The normalized spacial score (nSPS) is 10.9. The Kier molecular flexibility index (Phi) is 5.53. The Morgan fingerprint density at radius 3 is 2.63 bits per heavy atom. The Labute approximate surface area is 175 Å². The molecule has 0 saturated heterocycles. The average Bonchev–Trinajstić information content (AvgIpc) is 3.17. The van der Waals surface area contributed by atoms with Gasteiger partial charge in [0.2, 0.25) is 5.89 Å². The number of hydrogen-bond acceptors (Lipinski definition) is 4. The Morgan fingerprint density at radius 1 is 1.07 bits per heavy atom. The second kappa shape index (κ2) is 8.41. The molecule has 5 nitrogen and oxygen atoms in total. The number of nitrogens with zero attached hydrogens (tertiary/aromatic N) is 1. The predicted octanol–water partition coefficient (Wildman–Crippen LogP) is 6.15. The largest absolute Gasteiger partial charge is 0.494 e. The van der Waals surface area contributed by atoms with E-state index in [1.165, 1.54) is 0 Å². The fourth-order valence-corrected chi connectivity index (χ4v) is 3.27. The molecule has 0 bridgehead atoms. The molecule has 3 aromatic carbocycles. The number of oxazole rings is 1. The fraction of sp³-hybridized carbons (Fsp3) is 0.200. The number of rotatable bonds is 6. The minimum atomic E-state index is -0.175. The molecule has 0 saturated carbocycles. The SMILES string of the molecule is CCCOc1ccc(C(=O)Nc2cccc(-c3nc4cc(C)ccc4o3)c2C)cc1. The Hall–Kier alpha value is -3.60. The molecule has 0 aliphatic rings. The molecule has 0 unspecified atom stereocenters. The molecule has 1 heterocycles. The third kappa shape index (κ3) is 4.06. The highest BCUT2D eigenvalue weighted by molar-refractivity contribution is 6.05. The van der Waals surface area contributed by atoms with Gasteiger partial charge in [0.1, 0.15) is 11.3 Å². The lowest BCUT2D eigenvalue weighted by molar-refractivity contribution is 0.102. The van der Waals surface area contributed by atoms with Gasteiger partial charge < -0.3 is 14.5 Å². The van der Waals surface area contributed by atoms with Crippen molar-refractivity contribution in [2.75, 3.05) is 11.9 Å². The number of aryl methyl sites for hydroxylation is 1. The van der Waals surface area contributed by atoms with Gasteiger partial charge in [-0.05, 0) is 79.9 Å². The van der Waals surface area contributed by atoms with Gasteiger partial charge in [0.15, 0.2) is 5.58 Å². The van der Waals surface area contributed by atoms with E-state index >= 15 is 0 Å². The zero-order valence-corrected chi connectivity index (χ0v) is 17.4. The summed E-state index contributed by atoms with van der Waals surface area (Å²) in [5, 5.41) is 2.99. The standard InChI is InChI=1S/C25H24N2O3/c1-4-14-29-19-11-9-18(10-12-19)24(28)26-21-7-5-6-20(17(21)3)25-27-22-15-16(2)8-13-23(22)30-25/h5-13,15H,4,14H2,1-3H3,(H,26,28). The number of amides is 1. The van der Waals surface area contributed by atoms with Crippen molar-refractivity contribution >= 4 is 22.7 Å². The molecular formula is C25H24N2O3. The summed E-state index contributed by atoms with van der Waals surface area (Å²) in [6, 6.07) is 18.8. The molecule has 30 heavy (non-hydrogen) atoms. The minimum Gasteiger partial charge on any atom is -0.494 e. The smallest absolute Gasteiger partial charge is 0.255 e. The van der Waals surface area contributed by atoms with E-state index in [9.17, 15) is 4.79 Å². The first-order valence-electron chi connectivity index (χ1n) is 10.1. The number of benzene rings is 3. The Bertz CT molecular complexity index is 1190. The second-order valence-corrected chi connectivity index (χ2v) is 7.30. The van der Waals surface area contributed by atoms with Gasteiger partial charge in [-0.1, -0.05) is 19.1 Å². The van der Waals surface area contributed by atoms with Crippen molar-refractivity contribution in [1.29, 1.82) is 0 Å². The van der Waals surface area contributed by atoms with Gasteiger partial charge in [-0.2, -0.15) is 0 Å². The van der Waals surface area contributed by atoms with Crippen LogP contribution in [-0.2, 0) is 0 Å². The van der Waals surface area contributed by atoms with Crippen LogP contribution in [0.25, 0.3) is 22.6 Å². The van der Waals surface area contributed by atoms with Crippen molar-refractivity contribution < 1.29 is 13.9 Å². The average molecular weight is 400 g/mol. The molecule has 0 aliphatic heterocycles. The molecule has 4 aromatic rings. The minimum absolute atomic E-state index is 0.175. The van der Waals surface area contributed by atoms with Crippen LogP contribution in [0.15, 0.2) is 65.1 Å².